The van der Waals surface area contributed by atoms with Crippen molar-refractivity contribution in [1.29, 1.82) is 5.26 Å². The lowest BCUT2D eigenvalue weighted by molar-refractivity contribution is 0.120. The van der Waals surface area contributed by atoms with Crippen LogP contribution in [0.1, 0.15) is 31.2 Å². The van der Waals surface area contributed by atoms with Gasteiger partial charge in [-0.2, -0.15) is 5.26 Å². The molecule has 0 radical (unpaired) electrons. The number of aliphatic hydroxyl groups excluding tert-OH is 1. The van der Waals surface area contributed by atoms with Gasteiger partial charge in [0, 0.05) is 10.5 Å². The maximum Gasteiger partial charge on any atom is 0.242 e. The molecule has 1 saturated carbocycles. The zero-order valence-electron chi connectivity index (χ0n) is 10.7. The van der Waals surface area contributed by atoms with Crippen LogP contribution in [0.2, 0.25) is 0 Å². The first kappa shape index (κ1) is 15.4. The smallest absolute Gasteiger partial charge is 0.242 e. The fourth-order valence-electron chi connectivity index (χ4n) is 2.29. The molecule has 0 aromatic heterocycles. The fraction of sp³-hybridized carbons (Fsp3) is 0.462. The zero-order chi connectivity index (χ0) is 14.8. The van der Waals surface area contributed by atoms with E-state index in [1.165, 1.54) is 12.1 Å². The number of nitriles is 1. The first-order valence-corrected chi connectivity index (χ1v) is 8.60. The lowest BCUT2D eigenvalue weighted by Crippen LogP contribution is -2.38. The van der Waals surface area contributed by atoms with Crippen LogP contribution in [-0.4, -0.2) is 25.7 Å². The minimum atomic E-state index is -3.73. The van der Waals surface area contributed by atoms with Crippen LogP contribution in [0.15, 0.2) is 27.6 Å². The van der Waals surface area contributed by atoms with Crippen molar-refractivity contribution in [2.24, 2.45) is 0 Å². The van der Waals surface area contributed by atoms with Crippen LogP contribution in [0, 0.1) is 11.3 Å². The second-order valence-corrected chi connectivity index (χ2v) is 7.48. The molecule has 0 spiro atoms. The fourth-order valence-corrected chi connectivity index (χ4v) is 4.29. The van der Waals surface area contributed by atoms with Crippen molar-refractivity contribution in [3.8, 4) is 6.07 Å². The highest BCUT2D eigenvalue weighted by molar-refractivity contribution is 9.10. The van der Waals surface area contributed by atoms with Crippen LogP contribution in [0.25, 0.3) is 0 Å². The van der Waals surface area contributed by atoms with Crippen LogP contribution in [0.3, 0.4) is 0 Å². The second-order valence-electron chi connectivity index (χ2n) is 4.88. The molecule has 2 rings (SSSR count). The zero-order valence-corrected chi connectivity index (χ0v) is 13.1. The number of halogens is 1. The number of hydrogen-bond donors (Lipinski definition) is 2. The quantitative estimate of drug-likeness (QED) is 0.863. The molecule has 0 bridgehead atoms. The third-order valence-electron chi connectivity index (χ3n) is 3.37. The van der Waals surface area contributed by atoms with E-state index in [9.17, 15) is 13.5 Å². The molecule has 1 aliphatic rings. The third-order valence-corrected chi connectivity index (χ3v) is 5.43. The van der Waals surface area contributed by atoms with Crippen LogP contribution in [0.5, 0.6) is 0 Å². The van der Waals surface area contributed by atoms with E-state index in [2.05, 4.69) is 20.7 Å². The van der Waals surface area contributed by atoms with Crippen molar-refractivity contribution in [2.45, 2.75) is 42.7 Å². The summed E-state index contributed by atoms with van der Waals surface area (Å²) < 4.78 is 28.0. The Morgan fingerprint density at radius 2 is 1.95 bits per heavy atom. The first-order valence-electron chi connectivity index (χ1n) is 6.32. The van der Waals surface area contributed by atoms with Crippen LogP contribution in [0.4, 0.5) is 0 Å². The number of aliphatic hydroxyl groups is 1. The van der Waals surface area contributed by atoms with Crippen molar-refractivity contribution in [1.82, 2.24) is 4.72 Å². The van der Waals surface area contributed by atoms with Gasteiger partial charge in [-0.3, -0.25) is 0 Å². The maximum absolute atomic E-state index is 12.4. The molecule has 1 aromatic rings. The van der Waals surface area contributed by atoms with Crippen molar-refractivity contribution >= 4 is 26.0 Å². The van der Waals surface area contributed by atoms with Crippen LogP contribution < -0.4 is 4.72 Å². The Balaban J connectivity index is 2.23. The molecule has 1 aromatic carbocycles. The first-order chi connectivity index (χ1) is 9.42. The van der Waals surface area contributed by atoms with E-state index in [1.54, 1.807) is 6.07 Å². The van der Waals surface area contributed by atoms with Gasteiger partial charge in [0.2, 0.25) is 10.0 Å². The molecule has 1 fully saturated rings. The number of nitrogens with one attached hydrogen (secondary N) is 1. The maximum atomic E-state index is 12.4. The molecule has 0 saturated heterocycles. The normalized spacial score (nSPS) is 23.2. The molecule has 7 heteroatoms. The summed E-state index contributed by atoms with van der Waals surface area (Å²) in [7, 11) is -3.73. The number of benzene rings is 1. The van der Waals surface area contributed by atoms with E-state index >= 15 is 0 Å². The van der Waals surface area contributed by atoms with Gasteiger partial charge in [0.1, 0.15) is 11.0 Å². The van der Waals surface area contributed by atoms with Gasteiger partial charge in [0.25, 0.3) is 0 Å². The topological polar surface area (TPSA) is 90.2 Å². The van der Waals surface area contributed by atoms with Gasteiger partial charge in [-0.15, -0.1) is 0 Å². The predicted octanol–water partition coefficient (Wildman–Crippen LogP) is 1.90. The summed E-state index contributed by atoms with van der Waals surface area (Å²) in [6.07, 6.45) is 2.07. The molecular formula is C13H15BrN2O3S. The van der Waals surface area contributed by atoms with E-state index < -0.39 is 10.0 Å². The summed E-state index contributed by atoms with van der Waals surface area (Å²) in [4.78, 5) is -0.0134. The molecule has 108 valence electrons. The van der Waals surface area contributed by atoms with Gasteiger partial charge in [-0.05, 0) is 43.9 Å². The molecule has 20 heavy (non-hydrogen) atoms. The van der Waals surface area contributed by atoms with Crippen molar-refractivity contribution in [3.05, 3.63) is 28.2 Å². The van der Waals surface area contributed by atoms with Crippen LogP contribution >= 0.6 is 15.9 Å². The third kappa shape index (κ3) is 3.58. The largest absolute Gasteiger partial charge is 0.393 e. The molecule has 5 nitrogen and oxygen atoms in total. The van der Waals surface area contributed by atoms with Crippen molar-refractivity contribution in [3.63, 3.8) is 0 Å². The number of hydrogen-bond acceptors (Lipinski definition) is 4. The average Bonchev–Trinajstić information content (AvgIpc) is 2.41. The van der Waals surface area contributed by atoms with E-state index in [1.807, 2.05) is 6.07 Å². The monoisotopic (exact) mass is 358 g/mol. The second kappa shape index (κ2) is 6.22. The summed E-state index contributed by atoms with van der Waals surface area (Å²) in [6.45, 7) is 0. The van der Waals surface area contributed by atoms with Gasteiger partial charge in [0.15, 0.2) is 0 Å². The summed E-state index contributed by atoms with van der Waals surface area (Å²) >= 11 is 3.22. The van der Waals surface area contributed by atoms with Gasteiger partial charge in [-0.25, -0.2) is 13.1 Å². The van der Waals surface area contributed by atoms with Crippen molar-refractivity contribution in [2.75, 3.05) is 0 Å². The summed E-state index contributed by atoms with van der Waals surface area (Å²) in [5.41, 5.74) is 0.122. The Hall–Kier alpha value is -0.940. The lowest BCUT2D eigenvalue weighted by Gasteiger charge is -2.26. The number of nitrogens with zero attached hydrogens (tertiary/aromatic N) is 1. The predicted molar refractivity (Wildman–Crippen MR) is 77.4 cm³/mol. The van der Waals surface area contributed by atoms with Gasteiger partial charge >= 0.3 is 0 Å². The minimum Gasteiger partial charge on any atom is -0.393 e. The highest BCUT2D eigenvalue weighted by Crippen LogP contribution is 2.24. The lowest BCUT2D eigenvalue weighted by atomic mass is 9.94. The van der Waals surface area contributed by atoms with Gasteiger partial charge < -0.3 is 5.11 Å². The molecule has 0 unspecified atom stereocenters. The van der Waals surface area contributed by atoms with Crippen molar-refractivity contribution < 1.29 is 13.5 Å². The van der Waals surface area contributed by atoms with E-state index in [4.69, 9.17) is 5.26 Å². The number of rotatable bonds is 3. The summed E-state index contributed by atoms with van der Waals surface area (Å²) in [5, 5.41) is 18.5. The molecule has 0 amide bonds. The van der Waals surface area contributed by atoms with E-state index in [0.29, 0.717) is 30.2 Å². The average molecular weight is 359 g/mol. The molecule has 0 atom stereocenters. The SMILES string of the molecule is N#Cc1ccc(Br)cc1S(=O)(=O)N[C@H]1CC[C@H](O)CC1. The molecule has 0 heterocycles. The van der Waals surface area contributed by atoms with Gasteiger partial charge in [0.05, 0.1) is 11.7 Å². The van der Waals surface area contributed by atoms with E-state index in [-0.39, 0.29) is 22.6 Å². The van der Waals surface area contributed by atoms with E-state index in [0.717, 1.165) is 0 Å². The minimum absolute atomic E-state index is 0.0134. The Morgan fingerprint density at radius 3 is 2.55 bits per heavy atom. The standard InChI is InChI=1S/C13H15BrN2O3S/c14-10-2-1-9(8-15)13(7-10)20(18,19)16-11-3-5-12(17)6-4-11/h1-2,7,11-12,16-17H,3-6H2/t11-,12-. The van der Waals surface area contributed by atoms with Gasteiger partial charge in [-0.1, -0.05) is 15.9 Å². The number of sulfonamides is 1. The Bertz CT molecular complexity index is 632. The Morgan fingerprint density at radius 1 is 1.30 bits per heavy atom. The molecule has 0 aliphatic heterocycles. The van der Waals surface area contributed by atoms with Crippen LogP contribution in [-0.2, 0) is 10.0 Å². The highest BCUT2D eigenvalue weighted by atomic mass is 79.9. The summed E-state index contributed by atoms with van der Waals surface area (Å²) in [6, 6.07) is 6.25. The molecule has 1 aliphatic carbocycles. The summed E-state index contributed by atoms with van der Waals surface area (Å²) in [5.74, 6) is 0. The molecular weight excluding hydrogens is 344 g/mol. The Labute approximate surface area is 126 Å². The molecule has 2 N–H and O–H groups in total. The highest BCUT2D eigenvalue weighted by Gasteiger charge is 2.26. The Kier molecular flexibility index (Phi) is 4.81.